The summed E-state index contributed by atoms with van der Waals surface area (Å²) in [6.45, 7) is 2.06. The Bertz CT molecular complexity index is 239. The van der Waals surface area contributed by atoms with Crippen LogP contribution < -0.4 is 10.6 Å². The predicted octanol–water partition coefficient (Wildman–Crippen LogP) is 0.949. The highest BCUT2D eigenvalue weighted by molar-refractivity contribution is 5.82. The van der Waals surface area contributed by atoms with Crippen molar-refractivity contribution in [2.75, 3.05) is 6.54 Å². The number of urea groups is 1. The van der Waals surface area contributed by atoms with E-state index in [1.54, 1.807) is 0 Å². The summed E-state index contributed by atoms with van der Waals surface area (Å²) >= 11 is 0. The van der Waals surface area contributed by atoms with Gasteiger partial charge in [0.05, 0.1) is 0 Å². The molecular weight excluding hydrogens is 196 g/mol. The molecule has 1 fully saturated rings. The highest BCUT2D eigenvalue weighted by Gasteiger charge is 2.20. The molecule has 5 heteroatoms. The van der Waals surface area contributed by atoms with Crippen LogP contribution in [0.5, 0.6) is 0 Å². The quantitative estimate of drug-likeness (QED) is 0.576. The van der Waals surface area contributed by atoms with Crippen molar-refractivity contribution in [3.05, 3.63) is 0 Å². The van der Waals surface area contributed by atoms with Gasteiger partial charge >= 0.3 is 12.0 Å². The Balaban J connectivity index is 1.99. The number of carbonyl (C=O) groups is 2. The second kappa shape index (κ2) is 5.58. The van der Waals surface area contributed by atoms with Crippen LogP contribution >= 0.6 is 0 Å². The minimum Gasteiger partial charge on any atom is -0.480 e. The maximum absolute atomic E-state index is 11.1. The first-order valence-electron chi connectivity index (χ1n) is 5.36. The van der Waals surface area contributed by atoms with Gasteiger partial charge in [-0.1, -0.05) is 12.8 Å². The second-order valence-electron chi connectivity index (χ2n) is 4.05. The number of amides is 2. The van der Waals surface area contributed by atoms with Crippen molar-refractivity contribution in [2.45, 2.75) is 38.6 Å². The molecule has 0 aromatic carbocycles. The van der Waals surface area contributed by atoms with Crippen molar-refractivity contribution in [3.63, 3.8) is 0 Å². The smallest absolute Gasteiger partial charge is 0.325 e. The van der Waals surface area contributed by atoms with E-state index in [1.807, 2.05) is 0 Å². The zero-order chi connectivity index (χ0) is 11.3. The zero-order valence-corrected chi connectivity index (χ0v) is 8.95. The highest BCUT2D eigenvalue weighted by atomic mass is 16.4. The van der Waals surface area contributed by atoms with Crippen LogP contribution in [0.25, 0.3) is 0 Å². The van der Waals surface area contributed by atoms with Gasteiger partial charge in [-0.3, -0.25) is 4.79 Å². The van der Waals surface area contributed by atoms with Crippen LogP contribution in [0.1, 0.15) is 32.6 Å². The normalized spacial score (nSPS) is 16.9. The van der Waals surface area contributed by atoms with Crippen LogP contribution in [0.2, 0.25) is 0 Å². The zero-order valence-electron chi connectivity index (χ0n) is 8.95. The van der Waals surface area contributed by atoms with E-state index in [0.29, 0.717) is 6.54 Å². The van der Waals surface area contributed by atoms with Crippen LogP contribution in [-0.4, -0.2) is 29.7 Å². The molecule has 2 amide bonds. The van der Waals surface area contributed by atoms with Gasteiger partial charge in [0, 0.05) is 6.54 Å². The molecule has 0 aromatic heterocycles. The average Bonchev–Trinajstić information content (AvgIpc) is 2.95. The third-order valence-electron chi connectivity index (χ3n) is 2.49. The van der Waals surface area contributed by atoms with Gasteiger partial charge in [0.15, 0.2) is 0 Å². The molecule has 86 valence electrons. The molecule has 0 radical (unpaired) electrons. The maximum Gasteiger partial charge on any atom is 0.325 e. The molecular formula is C10H18N2O3. The van der Waals surface area contributed by atoms with Gasteiger partial charge in [-0.25, -0.2) is 4.79 Å². The van der Waals surface area contributed by atoms with Gasteiger partial charge in [0.2, 0.25) is 0 Å². The van der Waals surface area contributed by atoms with Gasteiger partial charge in [-0.2, -0.15) is 0 Å². The Hall–Kier alpha value is -1.26. The van der Waals surface area contributed by atoms with Crippen LogP contribution in [0.4, 0.5) is 4.79 Å². The fourth-order valence-corrected chi connectivity index (χ4v) is 1.31. The minimum atomic E-state index is -1.02. The molecule has 0 aliphatic heterocycles. The third kappa shape index (κ3) is 5.24. The van der Waals surface area contributed by atoms with E-state index in [4.69, 9.17) is 5.11 Å². The monoisotopic (exact) mass is 214 g/mol. The third-order valence-corrected chi connectivity index (χ3v) is 2.49. The van der Waals surface area contributed by atoms with Gasteiger partial charge < -0.3 is 15.7 Å². The maximum atomic E-state index is 11.1. The van der Waals surface area contributed by atoms with Gasteiger partial charge in [0.25, 0.3) is 0 Å². The molecule has 0 heterocycles. The summed E-state index contributed by atoms with van der Waals surface area (Å²) in [6.07, 6.45) is 4.78. The van der Waals surface area contributed by atoms with Gasteiger partial charge in [0.1, 0.15) is 6.04 Å². The largest absolute Gasteiger partial charge is 0.480 e. The lowest BCUT2D eigenvalue weighted by Crippen LogP contribution is -2.44. The Labute approximate surface area is 89.2 Å². The second-order valence-corrected chi connectivity index (χ2v) is 4.05. The molecule has 0 aromatic rings. The first kappa shape index (κ1) is 11.8. The van der Waals surface area contributed by atoms with Crippen LogP contribution in [-0.2, 0) is 4.79 Å². The molecule has 5 nitrogen and oxygen atoms in total. The van der Waals surface area contributed by atoms with E-state index in [0.717, 1.165) is 18.8 Å². The van der Waals surface area contributed by atoms with E-state index in [1.165, 1.54) is 19.8 Å². The van der Waals surface area contributed by atoms with Crippen molar-refractivity contribution < 1.29 is 14.7 Å². The highest BCUT2D eigenvalue weighted by Crippen LogP contribution is 2.33. The SMILES string of the molecule is CC(NC(=O)NCCCC1CC1)C(=O)O. The number of hydrogen-bond donors (Lipinski definition) is 3. The van der Waals surface area contributed by atoms with Crippen molar-refractivity contribution >= 4 is 12.0 Å². The van der Waals surface area contributed by atoms with Gasteiger partial charge in [-0.05, 0) is 25.7 Å². The van der Waals surface area contributed by atoms with E-state index in [9.17, 15) is 9.59 Å². The number of nitrogens with one attached hydrogen (secondary N) is 2. The van der Waals surface area contributed by atoms with Crippen LogP contribution in [0.15, 0.2) is 0 Å². The Morgan fingerprint density at radius 2 is 2.13 bits per heavy atom. The van der Waals surface area contributed by atoms with Crippen LogP contribution in [0, 0.1) is 5.92 Å². The molecule has 1 aliphatic carbocycles. The fraction of sp³-hybridized carbons (Fsp3) is 0.800. The molecule has 1 unspecified atom stereocenters. The topological polar surface area (TPSA) is 78.4 Å². The molecule has 3 N–H and O–H groups in total. The molecule has 0 spiro atoms. The molecule has 0 saturated heterocycles. The first-order valence-corrected chi connectivity index (χ1v) is 5.36. The first-order chi connectivity index (χ1) is 7.09. The van der Waals surface area contributed by atoms with Gasteiger partial charge in [-0.15, -0.1) is 0 Å². The molecule has 1 rings (SSSR count). The van der Waals surface area contributed by atoms with Crippen molar-refractivity contribution in [2.24, 2.45) is 5.92 Å². The summed E-state index contributed by atoms with van der Waals surface area (Å²) in [5.41, 5.74) is 0. The molecule has 1 atom stereocenters. The lowest BCUT2D eigenvalue weighted by molar-refractivity contribution is -0.138. The van der Waals surface area contributed by atoms with Crippen LogP contribution in [0.3, 0.4) is 0 Å². The van der Waals surface area contributed by atoms with Crippen molar-refractivity contribution in [3.8, 4) is 0 Å². The molecule has 15 heavy (non-hydrogen) atoms. The van der Waals surface area contributed by atoms with E-state index >= 15 is 0 Å². The number of hydrogen-bond acceptors (Lipinski definition) is 2. The number of rotatable bonds is 6. The molecule has 0 bridgehead atoms. The summed E-state index contributed by atoms with van der Waals surface area (Å²) in [4.78, 5) is 21.6. The minimum absolute atomic E-state index is 0.402. The Morgan fingerprint density at radius 3 is 2.67 bits per heavy atom. The summed E-state index contributed by atoms with van der Waals surface area (Å²) in [6, 6.07) is -1.24. The lowest BCUT2D eigenvalue weighted by atomic mass is 10.2. The Morgan fingerprint density at radius 1 is 1.47 bits per heavy atom. The summed E-state index contributed by atoms with van der Waals surface area (Å²) in [7, 11) is 0. The lowest BCUT2D eigenvalue weighted by Gasteiger charge is -2.10. The predicted molar refractivity (Wildman–Crippen MR) is 55.6 cm³/mol. The van der Waals surface area contributed by atoms with Crippen molar-refractivity contribution in [1.82, 2.24) is 10.6 Å². The number of carbonyl (C=O) groups excluding carboxylic acids is 1. The van der Waals surface area contributed by atoms with E-state index in [-0.39, 0.29) is 0 Å². The standard InChI is InChI=1S/C10H18N2O3/c1-7(9(13)14)12-10(15)11-6-2-3-8-4-5-8/h7-8H,2-6H2,1H3,(H,13,14)(H2,11,12,15). The number of carboxylic acid groups (broad SMARTS) is 1. The fourth-order valence-electron chi connectivity index (χ4n) is 1.31. The number of carboxylic acids is 1. The summed E-state index contributed by atoms with van der Waals surface area (Å²) in [5.74, 6) is -0.157. The average molecular weight is 214 g/mol. The van der Waals surface area contributed by atoms with Crippen molar-refractivity contribution in [1.29, 1.82) is 0 Å². The number of aliphatic carboxylic acids is 1. The Kier molecular flexibility index (Phi) is 4.39. The summed E-state index contributed by atoms with van der Waals surface area (Å²) in [5, 5.41) is 13.5. The molecule has 1 saturated carbocycles. The molecule has 1 aliphatic rings. The van der Waals surface area contributed by atoms with E-state index < -0.39 is 18.0 Å². The van der Waals surface area contributed by atoms with E-state index in [2.05, 4.69) is 10.6 Å². The summed E-state index contributed by atoms with van der Waals surface area (Å²) < 4.78 is 0.